The molecule has 0 spiro atoms. The number of anilines is 1. The van der Waals surface area contributed by atoms with Crippen molar-refractivity contribution in [3.05, 3.63) is 29.8 Å². The highest BCUT2D eigenvalue weighted by Crippen LogP contribution is 2.13. The van der Waals surface area contributed by atoms with Crippen LogP contribution in [0.1, 0.15) is 12.0 Å². The number of nitrogens with two attached hydrogens (primary N) is 1. The molecule has 0 aromatic heterocycles. The van der Waals surface area contributed by atoms with Gasteiger partial charge in [-0.25, -0.2) is 0 Å². The standard InChI is InChI=1S/C15H21N3O3/c1-17-15(20)13-10-21-8-7-18(13)14(19)6-5-11-3-2-4-12(16)9-11/h2-4,9,13H,5-8,10,16H2,1H3,(H,17,20). The first kappa shape index (κ1) is 15.3. The second kappa shape index (κ2) is 7.08. The summed E-state index contributed by atoms with van der Waals surface area (Å²) >= 11 is 0. The van der Waals surface area contributed by atoms with Gasteiger partial charge in [0, 0.05) is 25.7 Å². The van der Waals surface area contributed by atoms with Crippen molar-refractivity contribution >= 4 is 17.5 Å². The van der Waals surface area contributed by atoms with Gasteiger partial charge in [0.1, 0.15) is 6.04 Å². The summed E-state index contributed by atoms with van der Waals surface area (Å²) in [5.41, 5.74) is 7.43. The van der Waals surface area contributed by atoms with Crippen molar-refractivity contribution in [2.24, 2.45) is 0 Å². The van der Waals surface area contributed by atoms with Gasteiger partial charge in [-0.1, -0.05) is 12.1 Å². The van der Waals surface area contributed by atoms with Gasteiger partial charge in [0.05, 0.1) is 13.2 Å². The van der Waals surface area contributed by atoms with E-state index >= 15 is 0 Å². The van der Waals surface area contributed by atoms with Crippen molar-refractivity contribution in [2.75, 3.05) is 32.5 Å². The molecular formula is C15H21N3O3. The van der Waals surface area contributed by atoms with E-state index < -0.39 is 6.04 Å². The Balaban J connectivity index is 1.96. The Morgan fingerprint density at radius 2 is 2.29 bits per heavy atom. The number of morpholine rings is 1. The Kier molecular flexibility index (Phi) is 5.16. The highest BCUT2D eigenvalue weighted by atomic mass is 16.5. The third-order valence-corrected chi connectivity index (χ3v) is 3.58. The molecule has 114 valence electrons. The maximum Gasteiger partial charge on any atom is 0.244 e. The number of hydrogen-bond acceptors (Lipinski definition) is 4. The molecule has 21 heavy (non-hydrogen) atoms. The fourth-order valence-corrected chi connectivity index (χ4v) is 2.43. The largest absolute Gasteiger partial charge is 0.399 e. The third-order valence-electron chi connectivity index (χ3n) is 3.58. The number of hydrogen-bond donors (Lipinski definition) is 2. The first-order valence-corrected chi connectivity index (χ1v) is 7.05. The minimum absolute atomic E-state index is 0.0330. The zero-order chi connectivity index (χ0) is 15.2. The van der Waals surface area contributed by atoms with Crippen molar-refractivity contribution in [3.63, 3.8) is 0 Å². The van der Waals surface area contributed by atoms with Gasteiger partial charge >= 0.3 is 0 Å². The average Bonchev–Trinajstić information content (AvgIpc) is 2.52. The van der Waals surface area contributed by atoms with Crippen LogP contribution >= 0.6 is 0 Å². The molecule has 3 N–H and O–H groups in total. The van der Waals surface area contributed by atoms with Crippen LogP contribution in [0.3, 0.4) is 0 Å². The van der Waals surface area contributed by atoms with Crippen molar-refractivity contribution < 1.29 is 14.3 Å². The lowest BCUT2D eigenvalue weighted by molar-refractivity contribution is -0.148. The SMILES string of the molecule is CNC(=O)C1COCCN1C(=O)CCc1cccc(N)c1. The molecule has 1 aliphatic rings. The number of nitrogen functional groups attached to an aromatic ring is 1. The van der Waals surface area contributed by atoms with Crippen molar-refractivity contribution in [3.8, 4) is 0 Å². The summed E-state index contributed by atoms with van der Waals surface area (Å²) in [4.78, 5) is 25.8. The predicted molar refractivity (Wildman–Crippen MR) is 79.6 cm³/mol. The molecular weight excluding hydrogens is 270 g/mol. The minimum Gasteiger partial charge on any atom is -0.399 e. The molecule has 1 fully saturated rings. The van der Waals surface area contributed by atoms with Crippen molar-refractivity contribution in [2.45, 2.75) is 18.9 Å². The number of benzene rings is 1. The zero-order valence-electron chi connectivity index (χ0n) is 12.2. The highest BCUT2D eigenvalue weighted by molar-refractivity contribution is 5.87. The van der Waals surface area contributed by atoms with E-state index in [4.69, 9.17) is 10.5 Å². The summed E-state index contributed by atoms with van der Waals surface area (Å²) in [5.74, 6) is -0.221. The Morgan fingerprint density at radius 1 is 1.48 bits per heavy atom. The monoisotopic (exact) mass is 291 g/mol. The van der Waals surface area contributed by atoms with Gasteiger partial charge in [-0.3, -0.25) is 9.59 Å². The second-order valence-electron chi connectivity index (χ2n) is 5.04. The van der Waals surface area contributed by atoms with E-state index in [9.17, 15) is 9.59 Å². The average molecular weight is 291 g/mol. The van der Waals surface area contributed by atoms with Crippen LogP contribution in [0.4, 0.5) is 5.69 Å². The first-order valence-electron chi connectivity index (χ1n) is 7.05. The van der Waals surface area contributed by atoms with E-state index in [0.29, 0.717) is 31.7 Å². The van der Waals surface area contributed by atoms with Gasteiger partial charge in [0.25, 0.3) is 0 Å². The van der Waals surface area contributed by atoms with Crippen LogP contribution in [0.15, 0.2) is 24.3 Å². The van der Waals surface area contributed by atoms with Gasteiger partial charge < -0.3 is 20.7 Å². The molecule has 2 rings (SSSR count). The molecule has 0 radical (unpaired) electrons. The zero-order valence-corrected chi connectivity index (χ0v) is 12.2. The molecule has 1 aromatic carbocycles. The van der Waals surface area contributed by atoms with E-state index in [1.54, 1.807) is 11.9 Å². The Labute approximate surface area is 124 Å². The molecule has 1 atom stereocenters. The molecule has 6 nitrogen and oxygen atoms in total. The molecule has 1 saturated heterocycles. The summed E-state index contributed by atoms with van der Waals surface area (Å²) in [6.07, 6.45) is 0.971. The van der Waals surface area contributed by atoms with Crippen LogP contribution in [0, 0.1) is 0 Å². The summed E-state index contributed by atoms with van der Waals surface area (Å²) < 4.78 is 5.29. The molecule has 1 heterocycles. The van der Waals surface area contributed by atoms with Crippen LogP contribution in [0.25, 0.3) is 0 Å². The highest BCUT2D eigenvalue weighted by Gasteiger charge is 2.31. The summed E-state index contributed by atoms with van der Waals surface area (Å²) in [7, 11) is 1.56. The predicted octanol–water partition coefficient (Wildman–Crippen LogP) is 0.175. The maximum absolute atomic E-state index is 12.3. The molecule has 6 heteroatoms. The minimum atomic E-state index is -0.530. The number of carbonyl (C=O) groups is 2. The molecule has 1 aliphatic heterocycles. The maximum atomic E-state index is 12.3. The second-order valence-corrected chi connectivity index (χ2v) is 5.04. The third kappa shape index (κ3) is 3.95. The number of amides is 2. The van der Waals surface area contributed by atoms with Gasteiger partial charge in [-0.2, -0.15) is 0 Å². The molecule has 2 amide bonds. The van der Waals surface area contributed by atoms with Crippen LogP contribution in [0.2, 0.25) is 0 Å². The summed E-state index contributed by atoms with van der Waals surface area (Å²) in [6.45, 7) is 1.18. The van der Waals surface area contributed by atoms with Crippen LogP contribution in [0.5, 0.6) is 0 Å². The fraction of sp³-hybridized carbons (Fsp3) is 0.467. The lowest BCUT2D eigenvalue weighted by Crippen LogP contribution is -2.55. The van der Waals surface area contributed by atoms with Crippen molar-refractivity contribution in [1.82, 2.24) is 10.2 Å². The van der Waals surface area contributed by atoms with E-state index in [-0.39, 0.29) is 18.4 Å². The van der Waals surface area contributed by atoms with Gasteiger partial charge in [0.15, 0.2) is 0 Å². The Hall–Kier alpha value is -2.08. The number of carbonyl (C=O) groups excluding carboxylic acids is 2. The summed E-state index contributed by atoms with van der Waals surface area (Å²) in [6, 6.07) is 6.96. The number of rotatable bonds is 4. The topological polar surface area (TPSA) is 84.7 Å². The smallest absolute Gasteiger partial charge is 0.244 e. The molecule has 0 aliphatic carbocycles. The molecule has 0 bridgehead atoms. The fourth-order valence-electron chi connectivity index (χ4n) is 2.43. The van der Waals surface area contributed by atoms with Crippen LogP contribution < -0.4 is 11.1 Å². The number of ether oxygens (including phenoxy) is 1. The lowest BCUT2D eigenvalue weighted by Gasteiger charge is -2.34. The van der Waals surface area contributed by atoms with Crippen LogP contribution in [-0.4, -0.2) is 49.6 Å². The van der Waals surface area contributed by atoms with E-state index in [2.05, 4.69) is 5.32 Å². The molecule has 0 saturated carbocycles. The summed E-state index contributed by atoms with van der Waals surface area (Å²) in [5, 5.41) is 2.57. The van der Waals surface area contributed by atoms with E-state index in [0.717, 1.165) is 5.56 Å². The van der Waals surface area contributed by atoms with Crippen molar-refractivity contribution in [1.29, 1.82) is 0 Å². The first-order chi connectivity index (χ1) is 10.1. The Morgan fingerprint density at radius 3 is 3.00 bits per heavy atom. The Bertz CT molecular complexity index is 519. The van der Waals surface area contributed by atoms with Gasteiger partial charge in [0.2, 0.25) is 11.8 Å². The lowest BCUT2D eigenvalue weighted by atomic mass is 10.1. The van der Waals surface area contributed by atoms with Gasteiger partial charge in [-0.15, -0.1) is 0 Å². The number of nitrogens with one attached hydrogen (secondary N) is 1. The molecule has 1 unspecified atom stereocenters. The van der Waals surface area contributed by atoms with Gasteiger partial charge in [-0.05, 0) is 24.1 Å². The van der Waals surface area contributed by atoms with E-state index in [1.165, 1.54) is 0 Å². The number of nitrogens with zero attached hydrogens (tertiary/aromatic N) is 1. The normalized spacial score (nSPS) is 18.3. The van der Waals surface area contributed by atoms with E-state index in [1.807, 2.05) is 24.3 Å². The number of likely N-dealkylation sites (N-methyl/N-ethyl adjacent to an activating group) is 1. The molecule has 1 aromatic rings. The quantitative estimate of drug-likeness (QED) is 0.775. The number of aryl methyl sites for hydroxylation is 1. The van der Waals surface area contributed by atoms with Crippen LogP contribution in [-0.2, 0) is 20.7 Å².